The quantitative estimate of drug-likeness (QED) is 0.259. The molecule has 0 aliphatic rings. The topological polar surface area (TPSA) is 99.3 Å². The SMILES string of the molecule is Cc1c(Cl)cc(S(=O)(=O)O)c(N=Nc2c(O)ccc3ccccc23)c1Cl.[Ba]. The van der Waals surface area contributed by atoms with Gasteiger partial charge in [-0.3, -0.25) is 4.55 Å². The van der Waals surface area contributed by atoms with E-state index < -0.39 is 15.0 Å². The molecule has 3 rings (SSSR count). The molecule has 0 spiro atoms. The molecule has 0 unspecified atom stereocenters. The fourth-order valence-corrected chi connectivity index (χ4v) is 3.69. The summed E-state index contributed by atoms with van der Waals surface area (Å²) in [5, 5.41) is 19.4. The second-order valence-corrected chi connectivity index (χ2v) is 7.65. The van der Waals surface area contributed by atoms with Gasteiger partial charge in [-0.2, -0.15) is 8.42 Å². The van der Waals surface area contributed by atoms with Crippen LogP contribution in [-0.4, -0.2) is 67.0 Å². The van der Waals surface area contributed by atoms with Gasteiger partial charge in [-0.25, -0.2) is 0 Å². The summed E-state index contributed by atoms with van der Waals surface area (Å²) in [4.78, 5) is -0.568. The first-order valence-electron chi connectivity index (χ1n) is 7.28. The first-order chi connectivity index (χ1) is 12.2. The molecule has 0 saturated heterocycles. The molecule has 6 nitrogen and oxygen atoms in total. The van der Waals surface area contributed by atoms with E-state index in [1.807, 2.05) is 12.1 Å². The summed E-state index contributed by atoms with van der Waals surface area (Å²) >= 11 is 12.1. The monoisotopic (exact) mass is 548 g/mol. The van der Waals surface area contributed by atoms with Crippen molar-refractivity contribution in [1.82, 2.24) is 0 Å². The van der Waals surface area contributed by atoms with Gasteiger partial charge in [-0.15, -0.1) is 10.2 Å². The van der Waals surface area contributed by atoms with Gasteiger partial charge < -0.3 is 5.11 Å². The van der Waals surface area contributed by atoms with E-state index in [9.17, 15) is 18.1 Å². The average molecular weight is 549 g/mol. The number of benzene rings is 3. The molecule has 0 aliphatic carbocycles. The molecule has 2 N–H and O–H groups in total. The summed E-state index contributed by atoms with van der Waals surface area (Å²) in [5.41, 5.74) is 0.272. The number of hydrogen-bond donors (Lipinski definition) is 2. The summed E-state index contributed by atoms with van der Waals surface area (Å²) in [5.74, 6) is -0.136. The van der Waals surface area contributed by atoms with Crippen LogP contribution in [0.4, 0.5) is 11.4 Å². The van der Waals surface area contributed by atoms with Gasteiger partial charge in [-0.1, -0.05) is 53.5 Å². The molecule has 3 aromatic carbocycles. The van der Waals surface area contributed by atoms with Gasteiger partial charge in [0.25, 0.3) is 10.1 Å². The number of aromatic hydroxyl groups is 1. The molecule has 3 aromatic rings. The van der Waals surface area contributed by atoms with Gasteiger partial charge in [0.15, 0.2) is 0 Å². The number of hydrogen-bond acceptors (Lipinski definition) is 5. The molecular weight excluding hydrogens is 536 g/mol. The fraction of sp³-hybridized carbons (Fsp3) is 0.0588. The van der Waals surface area contributed by atoms with E-state index in [4.69, 9.17) is 23.2 Å². The van der Waals surface area contributed by atoms with Gasteiger partial charge >= 0.3 is 0 Å². The Labute approximate surface area is 206 Å². The van der Waals surface area contributed by atoms with Crippen molar-refractivity contribution in [3.05, 3.63) is 58.1 Å². The van der Waals surface area contributed by atoms with Crippen LogP contribution < -0.4 is 0 Å². The summed E-state index contributed by atoms with van der Waals surface area (Å²) < 4.78 is 32.7. The molecule has 10 heteroatoms. The van der Waals surface area contributed by atoms with E-state index in [2.05, 4.69) is 10.2 Å². The number of halogens is 2. The minimum atomic E-state index is -4.64. The Morgan fingerprint density at radius 2 is 1.63 bits per heavy atom. The fourth-order valence-electron chi connectivity index (χ4n) is 2.42. The summed E-state index contributed by atoms with van der Waals surface area (Å²) in [6.07, 6.45) is 0. The molecule has 27 heavy (non-hydrogen) atoms. The normalized spacial score (nSPS) is 11.7. The number of phenols is 1. The minimum absolute atomic E-state index is 0. The predicted molar refractivity (Wildman–Crippen MR) is 107 cm³/mol. The van der Waals surface area contributed by atoms with Gasteiger partial charge in [-0.05, 0) is 30.0 Å². The van der Waals surface area contributed by atoms with Crippen molar-refractivity contribution in [2.24, 2.45) is 10.2 Å². The van der Waals surface area contributed by atoms with Crippen LogP contribution in [0, 0.1) is 6.92 Å². The van der Waals surface area contributed by atoms with Crippen LogP contribution >= 0.6 is 23.2 Å². The summed E-state index contributed by atoms with van der Waals surface area (Å²) in [6, 6.07) is 11.4. The molecule has 0 heterocycles. The zero-order valence-electron chi connectivity index (χ0n) is 14.0. The van der Waals surface area contributed by atoms with Crippen LogP contribution in [0.2, 0.25) is 10.0 Å². The number of rotatable bonds is 3. The molecule has 0 atom stereocenters. The van der Waals surface area contributed by atoms with E-state index in [1.54, 1.807) is 25.1 Å². The predicted octanol–water partition coefficient (Wildman–Crippen LogP) is 5.44. The standard InChI is InChI=1S/C17H12Cl2N2O4S.Ba/c1-9-12(18)8-14(26(23,24)25)17(15(9)19)21-20-16-11-5-3-2-4-10(11)6-7-13(16)22;/h2-8,22H,1H3,(H,23,24,25);. The van der Waals surface area contributed by atoms with Crippen molar-refractivity contribution >= 4 is 104 Å². The van der Waals surface area contributed by atoms with Crippen LogP contribution in [-0.2, 0) is 10.1 Å². The van der Waals surface area contributed by atoms with Crippen molar-refractivity contribution in [3.63, 3.8) is 0 Å². The van der Waals surface area contributed by atoms with Crippen LogP contribution in [0.25, 0.3) is 10.8 Å². The average Bonchev–Trinajstić information content (AvgIpc) is 2.59. The molecule has 0 saturated carbocycles. The van der Waals surface area contributed by atoms with E-state index in [-0.39, 0.29) is 76.1 Å². The Morgan fingerprint density at radius 1 is 1.00 bits per heavy atom. The van der Waals surface area contributed by atoms with Gasteiger partial charge in [0.1, 0.15) is 22.0 Å². The van der Waals surface area contributed by atoms with E-state index in [0.29, 0.717) is 10.9 Å². The Bertz CT molecular complexity index is 1170. The maximum atomic E-state index is 11.6. The second-order valence-electron chi connectivity index (χ2n) is 5.47. The third-order valence-corrected chi connectivity index (χ3v) is 5.52. The van der Waals surface area contributed by atoms with Crippen LogP contribution in [0.3, 0.4) is 0 Å². The molecule has 0 aliphatic heterocycles. The van der Waals surface area contributed by atoms with Gasteiger partial charge in [0.2, 0.25) is 0 Å². The summed E-state index contributed by atoms with van der Waals surface area (Å²) in [6.45, 7) is 1.58. The first-order valence-corrected chi connectivity index (χ1v) is 9.48. The molecule has 2 radical (unpaired) electrons. The molecule has 0 fully saturated rings. The molecule has 0 aromatic heterocycles. The number of phenolic OH excluding ortho intramolecular Hbond substituents is 1. The smallest absolute Gasteiger partial charge is 0.296 e. The molecular formula is C17H12BaCl2N2O4S. The molecule has 0 bridgehead atoms. The maximum Gasteiger partial charge on any atom is 0.296 e. The Hall–Kier alpha value is -0.619. The van der Waals surface area contributed by atoms with Gasteiger partial charge in [0, 0.05) is 59.3 Å². The summed E-state index contributed by atoms with van der Waals surface area (Å²) in [7, 11) is -4.64. The van der Waals surface area contributed by atoms with Crippen LogP contribution in [0.1, 0.15) is 5.56 Å². The zero-order valence-corrected chi connectivity index (χ0v) is 20.8. The van der Waals surface area contributed by atoms with E-state index in [0.717, 1.165) is 11.5 Å². The minimum Gasteiger partial charge on any atom is -0.506 e. The Morgan fingerprint density at radius 3 is 2.30 bits per heavy atom. The van der Waals surface area contributed by atoms with E-state index in [1.165, 1.54) is 6.07 Å². The van der Waals surface area contributed by atoms with Crippen molar-refractivity contribution in [3.8, 4) is 5.75 Å². The zero-order chi connectivity index (χ0) is 19.1. The molecule has 0 amide bonds. The largest absolute Gasteiger partial charge is 0.506 e. The van der Waals surface area contributed by atoms with Crippen LogP contribution in [0.15, 0.2) is 57.6 Å². The first kappa shape index (κ1) is 22.7. The second kappa shape index (κ2) is 8.81. The van der Waals surface area contributed by atoms with Crippen molar-refractivity contribution in [1.29, 1.82) is 0 Å². The van der Waals surface area contributed by atoms with E-state index >= 15 is 0 Å². The van der Waals surface area contributed by atoms with Gasteiger partial charge in [0.05, 0.1) is 5.02 Å². The van der Waals surface area contributed by atoms with Crippen LogP contribution in [0.5, 0.6) is 5.75 Å². The molecule has 136 valence electrons. The number of fused-ring (bicyclic) bond motifs is 1. The third kappa shape index (κ3) is 4.69. The van der Waals surface area contributed by atoms with Crippen molar-refractivity contribution in [2.75, 3.05) is 0 Å². The Kier molecular flexibility index (Phi) is 7.40. The number of nitrogens with zero attached hydrogens (tertiary/aromatic N) is 2. The Balaban J connectivity index is 0.00000261. The third-order valence-electron chi connectivity index (χ3n) is 3.79. The maximum absolute atomic E-state index is 11.6. The van der Waals surface area contributed by atoms with Crippen molar-refractivity contribution < 1.29 is 18.1 Å². The number of azo groups is 1. The van der Waals surface area contributed by atoms with Crippen molar-refractivity contribution in [2.45, 2.75) is 11.8 Å².